The Hall–Kier alpha value is -2.87. The Morgan fingerprint density at radius 1 is 1.23 bits per heavy atom. The Kier molecular flexibility index (Phi) is 6.27. The molecule has 0 bridgehead atoms. The molecule has 1 aliphatic heterocycles. The van der Waals surface area contributed by atoms with E-state index in [4.69, 9.17) is 0 Å². The summed E-state index contributed by atoms with van der Waals surface area (Å²) < 4.78 is 13.1. The summed E-state index contributed by atoms with van der Waals surface area (Å²) in [6, 6.07) is 5.63. The molecular weight excluding hydrogens is 417 g/mol. The Labute approximate surface area is 183 Å². The Morgan fingerprint density at radius 3 is 2.65 bits per heavy atom. The van der Waals surface area contributed by atoms with Crippen molar-refractivity contribution in [3.8, 4) is 0 Å². The second-order valence-electron chi connectivity index (χ2n) is 7.95. The number of aromatic amines is 1. The number of fused-ring (bicyclic) bond motifs is 1. The monoisotopic (exact) mass is 441 g/mol. The van der Waals surface area contributed by atoms with Gasteiger partial charge in [0.25, 0.3) is 5.56 Å². The van der Waals surface area contributed by atoms with Gasteiger partial charge in [0.1, 0.15) is 11.6 Å². The van der Waals surface area contributed by atoms with Crippen molar-refractivity contribution in [2.45, 2.75) is 39.0 Å². The van der Waals surface area contributed by atoms with Crippen molar-refractivity contribution in [2.24, 2.45) is 5.92 Å². The Morgan fingerprint density at radius 2 is 1.94 bits per heavy atom. The quantitative estimate of drug-likeness (QED) is 0.589. The van der Waals surface area contributed by atoms with Gasteiger partial charge in [-0.2, -0.15) is 0 Å². The Bertz CT molecular complexity index is 1160. The number of carbonyl (C=O) groups excluding carboxylic acids is 2. The lowest BCUT2D eigenvalue weighted by Crippen LogP contribution is -2.40. The fourth-order valence-electron chi connectivity index (χ4n) is 4.03. The van der Waals surface area contributed by atoms with E-state index in [0.717, 1.165) is 10.4 Å². The van der Waals surface area contributed by atoms with Gasteiger partial charge in [0.05, 0.1) is 10.9 Å². The van der Waals surface area contributed by atoms with Crippen molar-refractivity contribution in [1.29, 1.82) is 0 Å². The van der Waals surface area contributed by atoms with Crippen LogP contribution in [0.1, 0.15) is 46.7 Å². The van der Waals surface area contributed by atoms with Crippen LogP contribution in [0.25, 0.3) is 10.9 Å². The van der Waals surface area contributed by atoms with Crippen molar-refractivity contribution in [3.05, 3.63) is 62.1 Å². The third-order valence-electron chi connectivity index (χ3n) is 5.84. The first-order valence-electron chi connectivity index (χ1n) is 10.5. The van der Waals surface area contributed by atoms with E-state index in [0.29, 0.717) is 62.0 Å². The first-order valence-corrected chi connectivity index (χ1v) is 11.3. The van der Waals surface area contributed by atoms with E-state index in [9.17, 15) is 18.8 Å². The molecule has 1 amide bonds. The van der Waals surface area contributed by atoms with Crippen LogP contribution in [0.4, 0.5) is 4.39 Å². The van der Waals surface area contributed by atoms with E-state index >= 15 is 0 Å². The zero-order chi connectivity index (χ0) is 22.0. The summed E-state index contributed by atoms with van der Waals surface area (Å²) in [5.41, 5.74) is 1.12. The summed E-state index contributed by atoms with van der Waals surface area (Å²) in [4.78, 5) is 47.5. The largest absolute Gasteiger partial charge is 0.343 e. The molecule has 0 aliphatic carbocycles. The van der Waals surface area contributed by atoms with Crippen molar-refractivity contribution >= 4 is 33.9 Å². The second-order valence-corrected chi connectivity index (χ2v) is 9.03. The third-order valence-corrected chi connectivity index (χ3v) is 6.74. The molecule has 6 nitrogen and oxygen atoms in total. The SMILES string of the molecule is Cc1scc2c(=O)[nH]c(CCCC(=O)N3CCC(C(=O)c4ccc(F)cc4)CC3)nc12. The fourth-order valence-corrected chi connectivity index (χ4v) is 4.81. The molecule has 3 aromatic rings. The van der Waals surface area contributed by atoms with Crippen molar-refractivity contribution in [3.63, 3.8) is 0 Å². The minimum Gasteiger partial charge on any atom is -0.343 e. The van der Waals surface area contributed by atoms with Crippen LogP contribution in [-0.2, 0) is 11.2 Å². The van der Waals surface area contributed by atoms with Crippen molar-refractivity contribution in [1.82, 2.24) is 14.9 Å². The predicted molar refractivity (Wildman–Crippen MR) is 118 cm³/mol. The smallest absolute Gasteiger partial charge is 0.259 e. The second kappa shape index (κ2) is 9.09. The van der Waals surface area contributed by atoms with E-state index in [1.165, 1.54) is 35.6 Å². The Balaban J connectivity index is 1.27. The number of amides is 1. The van der Waals surface area contributed by atoms with Crippen LogP contribution >= 0.6 is 11.3 Å². The molecule has 0 atom stereocenters. The zero-order valence-electron chi connectivity index (χ0n) is 17.3. The normalized spacial score (nSPS) is 14.8. The number of piperidine rings is 1. The number of aryl methyl sites for hydroxylation is 2. The van der Waals surface area contributed by atoms with Crippen LogP contribution in [0.2, 0.25) is 0 Å². The highest BCUT2D eigenvalue weighted by molar-refractivity contribution is 7.11. The number of likely N-dealkylation sites (tertiary alicyclic amines) is 1. The van der Waals surface area contributed by atoms with Gasteiger partial charge in [-0.25, -0.2) is 9.37 Å². The summed E-state index contributed by atoms with van der Waals surface area (Å²) in [5.74, 6) is 0.186. The van der Waals surface area contributed by atoms with E-state index in [1.54, 1.807) is 4.90 Å². The minimum atomic E-state index is -0.360. The molecule has 2 aromatic heterocycles. The standard InChI is InChI=1S/C23H24FN3O3S/c1-14-21-18(13-31-14)23(30)26-19(25-21)3-2-4-20(28)27-11-9-16(10-12-27)22(29)15-5-7-17(24)8-6-15/h5-8,13,16H,2-4,9-12H2,1H3,(H,25,26,30). The summed E-state index contributed by atoms with van der Waals surface area (Å²) in [5, 5.41) is 2.43. The summed E-state index contributed by atoms with van der Waals surface area (Å²) in [6.45, 7) is 3.04. The van der Waals surface area contributed by atoms with Gasteiger partial charge in [0.15, 0.2) is 5.78 Å². The van der Waals surface area contributed by atoms with Gasteiger partial charge in [-0.15, -0.1) is 11.3 Å². The topological polar surface area (TPSA) is 83.1 Å². The number of hydrogen-bond donors (Lipinski definition) is 1. The highest BCUT2D eigenvalue weighted by atomic mass is 32.1. The molecule has 31 heavy (non-hydrogen) atoms. The van der Waals surface area contributed by atoms with E-state index in [-0.39, 0.29) is 29.0 Å². The number of benzene rings is 1. The zero-order valence-corrected chi connectivity index (χ0v) is 18.1. The molecule has 1 fully saturated rings. The summed E-state index contributed by atoms with van der Waals surface area (Å²) in [6.07, 6.45) is 2.74. The molecule has 0 spiro atoms. The van der Waals surface area contributed by atoms with Crippen molar-refractivity contribution < 1.29 is 14.0 Å². The number of Topliss-reactive ketones (excluding diaryl/α,β-unsaturated/α-hetero) is 1. The highest BCUT2D eigenvalue weighted by Crippen LogP contribution is 2.23. The van der Waals surface area contributed by atoms with Gasteiger partial charge in [-0.05, 0) is 50.5 Å². The van der Waals surface area contributed by atoms with Gasteiger partial charge in [-0.3, -0.25) is 14.4 Å². The van der Waals surface area contributed by atoms with Gasteiger partial charge in [-0.1, -0.05) is 0 Å². The number of ketones is 1. The van der Waals surface area contributed by atoms with E-state index in [1.807, 2.05) is 12.3 Å². The lowest BCUT2D eigenvalue weighted by Gasteiger charge is -2.31. The molecule has 8 heteroatoms. The molecular formula is C23H24FN3O3S. The molecule has 1 saturated heterocycles. The van der Waals surface area contributed by atoms with Crippen molar-refractivity contribution in [2.75, 3.05) is 13.1 Å². The van der Waals surface area contributed by atoms with Gasteiger partial charge in [0.2, 0.25) is 5.91 Å². The predicted octanol–water partition coefficient (Wildman–Crippen LogP) is 3.88. The van der Waals surface area contributed by atoms with Crippen LogP contribution in [0.15, 0.2) is 34.4 Å². The number of carbonyl (C=O) groups is 2. The van der Waals surface area contributed by atoms with Gasteiger partial charge in [0, 0.05) is 47.7 Å². The maximum atomic E-state index is 13.1. The fraction of sp³-hybridized carbons (Fsp3) is 0.391. The van der Waals surface area contributed by atoms with Crippen LogP contribution in [-0.4, -0.2) is 39.6 Å². The molecule has 0 unspecified atom stereocenters. The van der Waals surface area contributed by atoms with Gasteiger partial charge < -0.3 is 9.88 Å². The first-order chi connectivity index (χ1) is 14.9. The molecule has 1 aliphatic rings. The number of halogens is 1. The van der Waals surface area contributed by atoms with Crippen LogP contribution in [0, 0.1) is 18.7 Å². The number of H-pyrrole nitrogens is 1. The maximum absolute atomic E-state index is 13.1. The van der Waals surface area contributed by atoms with Crippen LogP contribution in [0.3, 0.4) is 0 Å². The molecule has 0 radical (unpaired) electrons. The molecule has 162 valence electrons. The number of nitrogens with one attached hydrogen (secondary N) is 1. The third kappa shape index (κ3) is 4.74. The molecule has 3 heterocycles. The van der Waals surface area contributed by atoms with E-state index in [2.05, 4.69) is 9.97 Å². The number of thiophene rings is 1. The highest BCUT2D eigenvalue weighted by Gasteiger charge is 2.27. The van der Waals surface area contributed by atoms with E-state index < -0.39 is 0 Å². The average molecular weight is 442 g/mol. The average Bonchev–Trinajstić information content (AvgIpc) is 3.15. The minimum absolute atomic E-state index is 0.0150. The summed E-state index contributed by atoms with van der Waals surface area (Å²) >= 11 is 1.51. The molecule has 0 saturated carbocycles. The number of nitrogens with zero attached hydrogens (tertiary/aromatic N) is 2. The number of aromatic nitrogens is 2. The lowest BCUT2D eigenvalue weighted by atomic mass is 9.88. The molecule has 4 rings (SSSR count). The number of rotatable bonds is 6. The summed E-state index contributed by atoms with van der Waals surface area (Å²) in [7, 11) is 0. The molecule has 1 N–H and O–H groups in total. The molecule has 1 aromatic carbocycles. The maximum Gasteiger partial charge on any atom is 0.259 e. The van der Waals surface area contributed by atoms with Gasteiger partial charge >= 0.3 is 0 Å². The first kappa shape index (κ1) is 21.4. The van der Waals surface area contributed by atoms with Crippen LogP contribution in [0.5, 0.6) is 0 Å². The van der Waals surface area contributed by atoms with Crippen LogP contribution < -0.4 is 5.56 Å². The number of hydrogen-bond acceptors (Lipinski definition) is 5. The lowest BCUT2D eigenvalue weighted by molar-refractivity contribution is -0.132.